The Morgan fingerprint density at radius 2 is 2.00 bits per heavy atom. The number of thiophene rings is 1. The Hall–Kier alpha value is -1.92. The number of piperidine rings is 1. The van der Waals surface area contributed by atoms with Crippen LogP contribution in [0.15, 0.2) is 46.8 Å². The van der Waals surface area contributed by atoms with E-state index in [0.717, 1.165) is 38.7 Å². The number of likely N-dealkylation sites (tertiary alicyclic amines) is 1. The minimum absolute atomic E-state index is 0.199. The lowest BCUT2D eigenvalue weighted by molar-refractivity contribution is 0.179. The summed E-state index contributed by atoms with van der Waals surface area (Å²) in [6.45, 7) is 7.47. The molecule has 2 N–H and O–H groups in total. The van der Waals surface area contributed by atoms with Crippen LogP contribution in [-0.4, -0.2) is 37.0 Å². The van der Waals surface area contributed by atoms with E-state index >= 15 is 0 Å². The van der Waals surface area contributed by atoms with Crippen molar-refractivity contribution in [2.24, 2.45) is 10.9 Å². The lowest BCUT2D eigenvalue weighted by atomic mass is 9.97. The van der Waals surface area contributed by atoms with Gasteiger partial charge in [-0.15, -0.1) is 11.3 Å². The van der Waals surface area contributed by atoms with Crippen LogP contribution in [0.3, 0.4) is 0 Å². The van der Waals surface area contributed by atoms with Crippen LogP contribution < -0.4 is 10.6 Å². The van der Waals surface area contributed by atoms with Crippen molar-refractivity contribution in [1.29, 1.82) is 0 Å². The van der Waals surface area contributed by atoms with Gasteiger partial charge in [-0.2, -0.15) is 0 Å². The van der Waals surface area contributed by atoms with E-state index in [9.17, 15) is 4.39 Å². The van der Waals surface area contributed by atoms with E-state index in [1.807, 2.05) is 24.3 Å². The first-order chi connectivity index (χ1) is 13.2. The number of nitrogens with one attached hydrogen (secondary N) is 2. The van der Waals surface area contributed by atoms with Crippen molar-refractivity contribution in [3.63, 3.8) is 0 Å². The second kappa shape index (κ2) is 10.4. The highest BCUT2D eigenvalue weighted by Crippen LogP contribution is 2.20. The molecule has 0 unspecified atom stereocenters. The monoisotopic (exact) mass is 388 g/mol. The molecule has 6 heteroatoms. The Balaban J connectivity index is 1.44. The summed E-state index contributed by atoms with van der Waals surface area (Å²) in [4.78, 5) is 8.53. The molecule has 0 radical (unpaired) electrons. The summed E-state index contributed by atoms with van der Waals surface area (Å²) >= 11 is 1.84. The normalized spacial score (nSPS) is 16.4. The van der Waals surface area contributed by atoms with Gasteiger partial charge in [0, 0.05) is 30.1 Å². The van der Waals surface area contributed by atoms with Gasteiger partial charge < -0.3 is 10.6 Å². The lowest BCUT2D eigenvalue weighted by Crippen LogP contribution is -2.42. The highest BCUT2D eigenvalue weighted by Gasteiger charge is 2.19. The fraction of sp³-hybridized carbons (Fsp3) is 0.476. The molecule has 0 amide bonds. The number of rotatable bonds is 7. The van der Waals surface area contributed by atoms with Crippen LogP contribution in [0.4, 0.5) is 4.39 Å². The first-order valence-corrected chi connectivity index (χ1v) is 10.6. The van der Waals surface area contributed by atoms with Crippen molar-refractivity contribution in [1.82, 2.24) is 15.5 Å². The molecule has 1 aromatic heterocycles. The van der Waals surface area contributed by atoms with E-state index in [-0.39, 0.29) is 5.82 Å². The maximum Gasteiger partial charge on any atom is 0.191 e. The van der Waals surface area contributed by atoms with Gasteiger partial charge in [-0.25, -0.2) is 9.38 Å². The van der Waals surface area contributed by atoms with Gasteiger partial charge in [-0.1, -0.05) is 24.3 Å². The molecule has 2 heterocycles. The topological polar surface area (TPSA) is 39.7 Å². The van der Waals surface area contributed by atoms with Gasteiger partial charge in [0.05, 0.1) is 6.54 Å². The molecule has 1 aromatic carbocycles. The van der Waals surface area contributed by atoms with Gasteiger partial charge in [0.15, 0.2) is 5.96 Å². The molecule has 1 saturated heterocycles. The van der Waals surface area contributed by atoms with Crippen molar-refractivity contribution < 1.29 is 4.39 Å². The van der Waals surface area contributed by atoms with E-state index in [1.165, 1.54) is 23.8 Å². The number of guanidine groups is 1. The molecule has 2 aromatic rings. The number of hydrogen-bond donors (Lipinski definition) is 2. The van der Waals surface area contributed by atoms with Gasteiger partial charge in [0.25, 0.3) is 0 Å². The van der Waals surface area contributed by atoms with Crippen molar-refractivity contribution in [3.05, 3.63) is 58.0 Å². The third-order valence-corrected chi connectivity index (χ3v) is 5.80. The second-order valence-electron chi connectivity index (χ2n) is 6.97. The van der Waals surface area contributed by atoms with E-state index in [2.05, 4.69) is 38.0 Å². The summed E-state index contributed by atoms with van der Waals surface area (Å²) in [6.07, 6.45) is 2.40. The smallest absolute Gasteiger partial charge is 0.191 e. The lowest BCUT2D eigenvalue weighted by Gasteiger charge is -2.32. The van der Waals surface area contributed by atoms with Gasteiger partial charge in [-0.05, 0) is 56.3 Å². The number of hydrogen-bond acceptors (Lipinski definition) is 3. The quantitative estimate of drug-likeness (QED) is 0.559. The van der Waals surface area contributed by atoms with Crippen LogP contribution in [0.2, 0.25) is 0 Å². The molecule has 4 nitrogen and oxygen atoms in total. The molecular weight excluding hydrogens is 359 g/mol. The molecule has 0 spiro atoms. The fourth-order valence-corrected chi connectivity index (χ4v) is 4.09. The molecule has 146 valence electrons. The zero-order chi connectivity index (χ0) is 18.9. The Morgan fingerprint density at radius 1 is 1.19 bits per heavy atom. The van der Waals surface area contributed by atoms with Gasteiger partial charge in [0.1, 0.15) is 5.82 Å². The molecule has 0 saturated carbocycles. The first-order valence-electron chi connectivity index (χ1n) is 9.75. The maximum absolute atomic E-state index is 13.8. The zero-order valence-electron chi connectivity index (χ0n) is 16.0. The van der Waals surface area contributed by atoms with Crippen molar-refractivity contribution in [3.8, 4) is 0 Å². The minimum Gasteiger partial charge on any atom is -0.357 e. The summed E-state index contributed by atoms with van der Waals surface area (Å²) < 4.78 is 13.8. The Labute approximate surface area is 165 Å². The summed E-state index contributed by atoms with van der Waals surface area (Å²) in [6, 6.07) is 11.2. The summed E-state index contributed by atoms with van der Waals surface area (Å²) in [5.74, 6) is 1.22. The van der Waals surface area contributed by atoms with Crippen molar-refractivity contribution in [2.45, 2.75) is 32.9 Å². The van der Waals surface area contributed by atoms with Crippen LogP contribution >= 0.6 is 11.3 Å². The van der Waals surface area contributed by atoms with Crippen LogP contribution in [0.1, 0.15) is 30.2 Å². The third kappa shape index (κ3) is 6.33. The van der Waals surface area contributed by atoms with Crippen LogP contribution in [-0.2, 0) is 13.1 Å². The SMILES string of the molecule is CCNC(=NCc1ccccc1F)NCC1CCN(Cc2cccs2)CC1. The fourth-order valence-electron chi connectivity index (χ4n) is 3.35. The van der Waals surface area contributed by atoms with Crippen LogP contribution in [0.25, 0.3) is 0 Å². The van der Waals surface area contributed by atoms with E-state index in [4.69, 9.17) is 0 Å². The van der Waals surface area contributed by atoms with Gasteiger partial charge >= 0.3 is 0 Å². The van der Waals surface area contributed by atoms with Crippen LogP contribution in [0, 0.1) is 11.7 Å². The maximum atomic E-state index is 13.8. The molecule has 1 aliphatic heterocycles. The van der Waals surface area contributed by atoms with E-state index < -0.39 is 0 Å². The van der Waals surface area contributed by atoms with Gasteiger partial charge in [-0.3, -0.25) is 4.90 Å². The van der Waals surface area contributed by atoms with Crippen molar-refractivity contribution in [2.75, 3.05) is 26.2 Å². The number of halogens is 1. The minimum atomic E-state index is -0.199. The standard InChI is InChI=1S/C21H29FN4S/c1-2-23-21(25-15-18-6-3-4-8-20(18)22)24-14-17-9-11-26(12-10-17)16-19-7-5-13-27-19/h3-8,13,17H,2,9-12,14-16H2,1H3,(H2,23,24,25). The first kappa shape index (κ1) is 19.8. The largest absolute Gasteiger partial charge is 0.357 e. The highest BCUT2D eigenvalue weighted by molar-refractivity contribution is 7.09. The second-order valence-corrected chi connectivity index (χ2v) is 8.00. The average Bonchev–Trinajstić information content (AvgIpc) is 3.19. The Kier molecular flexibility index (Phi) is 7.66. The average molecular weight is 389 g/mol. The molecule has 27 heavy (non-hydrogen) atoms. The Morgan fingerprint density at radius 3 is 2.70 bits per heavy atom. The number of aliphatic imine (C=N–C) groups is 1. The highest BCUT2D eigenvalue weighted by atomic mass is 32.1. The Bertz CT molecular complexity index is 709. The summed E-state index contributed by atoms with van der Waals surface area (Å²) in [5.41, 5.74) is 0.622. The zero-order valence-corrected chi connectivity index (χ0v) is 16.8. The van der Waals surface area contributed by atoms with Gasteiger partial charge in [0.2, 0.25) is 0 Å². The van der Waals surface area contributed by atoms with Crippen molar-refractivity contribution >= 4 is 17.3 Å². The predicted molar refractivity (Wildman–Crippen MR) is 112 cm³/mol. The molecule has 1 aliphatic rings. The third-order valence-electron chi connectivity index (χ3n) is 4.93. The molecule has 0 atom stereocenters. The molecule has 0 bridgehead atoms. The molecule has 3 rings (SSSR count). The van der Waals surface area contributed by atoms with E-state index in [1.54, 1.807) is 12.1 Å². The number of nitrogens with zero attached hydrogens (tertiary/aromatic N) is 2. The molecular formula is C21H29FN4S. The molecule has 1 fully saturated rings. The summed E-state index contributed by atoms with van der Waals surface area (Å²) in [5, 5.41) is 8.85. The summed E-state index contributed by atoms with van der Waals surface area (Å²) in [7, 11) is 0. The van der Waals surface area contributed by atoms with Crippen LogP contribution in [0.5, 0.6) is 0 Å². The molecule has 0 aliphatic carbocycles. The van der Waals surface area contributed by atoms with E-state index in [0.29, 0.717) is 18.0 Å². The predicted octanol–water partition coefficient (Wildman–Crippen LogP) is 3.85. The number of benzene rings is 1.